The van der Waals surface area contributed by atoms with Gasteiger partial charge in [0, 0.05) is 18.3 Å². The first-order valence-corrected chi connectivity index (χ1v) is 30.4. The minimum absolute atomic E-state index is 0. The molecular weight excluding hydrogens is 1060 g/mol. The lowest BCUT2D eigenvalue weighted by Gasteiger charge is -2.60. The summed E-state index contributed by atoms with van der Waals surface area (Å²) < 4.78 is 33.9. The van der Waals surface area contributed by atoms with Gasteiger partial charge in [0.05, 0.1) is 46.2 Å². The number of methoxy groups -OCH3 is 1. The molecule has 0 amide bonds. The summed E-state index contributed by atoms with van der Waals surface area (Å²) in [5, 5.41) is 10.6. The summed E-state index contributed by atoms with van der Waals surface area (Å²) in [7, 11) is 1.31. The topological polar surface area (TPSA) is 178 Å². The Kier molecular flexibility index (Phi) is 30.4. The molecule has 13 heteroatoms. The Morgan fingerprint density at radius 2 is 0.952 bits per heavy atom. The zero-order valence-corrected chi connectivity index (χ0v) is 49.8. The number of hydrogen-bond donors (Lipinski definition) is 1. The summed E-state index contributed by atoms with van der Waals surface area (Å²) in [6.07, 6.45) is 21.7. The van der Waals surface area contributed by atoms with Gasteiger partial charge < -0.3 is 33.5 Å². The zero-order chi connectivity index (χ0) is 56.2. The van der Waals surface area contributed by atoms with Crippen LogP contribution in [0, 0.1) is 80.8 Å². The van der Waals surface area contributed by atoms with Crippen molar-refractivity contribution in [3.05, 3.63) is 0 Å². The van der Waals surface area contributed by atoms with E-state index in [9.17, 15) is 33.9 Å². The predicted octanol–water partition coefficient (Wildman–Crippen LogP) is 17.7. The Balaban J connectivity index is 0. The minimum atomic E-state index is -0.593. The maximum atomic E-state index is 12.6. The lowest BCUT2D eigenvalue weighted by Crippen LogP contribution is -2.61. The molecule has 496 valence electrons. The fourth-order valence-electron chi connectivity index (χ4n) is 16.0. The summed E-state index contributed by atoms with van der Waals surface area (Å²) in [6.45, 7) is 27.9. The summed E-state index contributed by atoms with van der Waals surface area (Å²) in [5.41, 5.74) is -2.85. The summed E-state index contributed by atoms with van der Waals surface area (Å²) in [6, 6.07) is 0. The second-order valence-electron chi connectivity index (χ2n) is 28.8. The van der Waals surface area contributed by atoms with E-state index in [1.165, 1.54) is 58.5 Å². The lowest BCUT2D eigenvalue weighted by molar-refractivity contribution is -0.225. The van der Waals surface area contributed by atoms with E-state index >= 15 is 0 Å². The SMILES string of the molecule is C.C.C.C.C.C.C.C.CCC(C)(C)C(=O)OC1(CC)C2CC3CC(C2)CC1C3.CCC(C)(C)C(=O)OC12CC3CC(CC(O)(C3)C1)C2.CCC(C)(C)C(=O)OC1C2CC3C1OC(=O)C3C2C(=O)OC.CCC1(OC(=O)C(C)(C)CC)CCCC1. The highest BCUT2D eigenvalue weighted by molar-refractivity contribution is 5.86. The molecule has 11 saturated carbocycles. The van der Waals surface area contributed by atoms with Crippen molar-refractivity contribution in [2.75, 3.05) is 7.11 Å². The second-order valence-corrected chi connectivity index (χ2v) is 28.8. The first-order valence-electron chi connectivity index (χ1n) is 30.4. The molecule has 0 radical (unpaired) electrons. The molecule has 0 aromatic carbocycles. The van der Waals surface area contributed by atoms with Crippen LogP contribution in [0.4, 0.5) is 0 Å². The number of aliphatic hydroxyl groups is 1. The molecule has 0 aromatic rings. The van der Waals surface area contributed by atoms with Crippen LogP contribution in [0.2, 0.25) is 0 Å². The van der Waals surface area contributed by atoms with Crippen molar-refractivity contribution in [2.24, 2.45) is 80.8 Å². The molecular formula is C71H134O13. The van der Waals surface area contributed by atoms with Gasteiger partial charge in [-0.2, -0.15) is 0 Å². The summed E-state index contributed by atoms with van der Waals surface area (Å²) >= 11 is 0. The molecule has 0 aromatic heterocycles. The van der Waals surface area contributed by atoms with E-state index in [4.69, 9.17) is 28.4 Å². The highest BCUT2D eigenvalue weighted by Gasteiger charge is 2.70. The number of carbonyl (C=O) groups excluding carboxylic acids is 6. The van der Waals surface area contributed by atoms with Crippen LogP contribution in [0.1, 0.15) is 298 Å². The lowest BCUT2D eigenvalue weighted by atomic mass is 9.49. The molecule has 1 saturated heterocycles. The molecule has 12 aliphatic rings. The van der Waals surface area contributed by atoms with E-state index in [0.717, 1.165) is 82.5 Å². The molecule has 8 atom stereocenters. The van der Waals surface area contributed by atoms with Gasteiger partial charge in [0.2, 0.25) is 0 Å². The number of esters is 6. The van der Waals surface area contributed by atoms with E-state index in [1.54, 1.807) is 0 Å². The van der Waals surface area contributed by atoms with Gasteiger partial charge in [0.15, 0.2) is 0 Å². The van der Waals surface area contributed by atoms with Gasteiger partial charge in [-0.1, -0.05) is 101 Å². The Labute approximate surface area is 516 Å². The van der Waals surface area contributed by atoms with Gasteiger partial charge >= 0.3 is 35.8 Å². The third kappa shape index (κ3) is 16.3. The number of hydrogen-bond acceptors (Lipinski definition) is 13. The molecule has 12 fully saturated rings. The van der Waals surface area contributed by atoms with Crippen LogP contribution in [0.5, 0.6) is 0 Å². The highest BCUT2D eigenvalue weighted by Crippen LogP contribution is 2.62. The van der Waals surface area contributed by atoms with Gasteiger partial charge in [-0.15, -0.1) is 0 Å². The third-order valence-electron chi connectivity index (χ3n) is 22.1. The van der Waals surface area contributed by atoms with Crippen molar-refractivity contribution >= 4 is 35.8 Å². The van der Waals surface area contributed by atoms with Crippen molar-refractivity contribution in [1.29, 1.82) is 0 Å². The monoisotopic (exact) mass is 1190 g/mol. The maximum absolute atomic E-state index is 12.6. The third-order valence-corrected chi connectivity index (χ3v) is 22.1. The molecule has 13 nitrogen and oxygen atoms in total. The van der Waals surface area contributed by atoms with Gasteiger partial charge in [-0.25, -0.2) is 0 Å². The smallest absolute Gasteiger partial charge is 0.312 e. The fourth-order valence-corrected chi connectivity index (χ4v) is 16.0. The molecule has 12 rings (SSSR count). The fraction of sp³-hybridized carbons (Fsp3) is 0.915. The number of ether oxygens (including phenoxy) is 6. The van der Waals surface area contributed by atoms with Crippen molar-refractivity contribution in [2.45, 2.75) is 332 Å². The molecule has 1 N–H and O–H groups in total. The number of carbonyl (C=O) groups is 6. The highest BCUT2D eigenvalue weighted by atomic mass is 16.6. The van der Waals surface area contributed by atoms with E-state index in [-0.39, 0.29) is 129 Å². The summed E-state index contributed by atoms with van der Waals surface area (Å²) in [4.78, 5) is 73.4. The van der Waals surface area contributed by atoms with Gasteiger partial charge in [0.25, 0.3) is 0 Å². The van der Waals surface area contributed by atoms with Crippen molar-refractivity contribution < 1.29 is 62.3 Å². The molecule has 0 spiro atoms. The van der Waals surface area contributed by atoms with E-state index < -0.39 is 46.4 Å². The van der Waals surface area contributed by atoms with Crippen LogP contribution in [0.15, 0.2) is 0 Å². The van der Waals surface area contributed by atoms with Crippen LogP contribution in [0.3, 0.4) is 0 Å². The van der Waals surface area contributed by atoms with Gasteiger partial charge in [-0.3, -0.25) is 28.8 Å². The van der Waals surface area contributed by atoms with E-state index in [2.05, 4.69) is 20.8 Å². The largest absolute Gasteiger partial charge is 0.469 e. The van der Waals surface area contributed by atoms with Crippen molar-refractivity contribution in [3.63, 3.8) is 0 Å². The molecule has 84 heavy (non-hydrogen) atoms. The van der Waals surface area contributed by atoms with Gasteiger partial charge in [-0.05, 0) is 226 Å². The zero-order valence-electron chi connectivity index (χ0n) is 49.8. The Hall–Kier alpha value is -3.22. The Morgan fingerprint density at radius 1 is 0.536 bits per heavy atom. The molecule has 8 unspecified atom stereocenters. The average molecular weight is 1200 g/mol. The average Bonchev–Trinajstić information content (AvgIpc) is 3.21. The Morgan fingerprint density at radius 3 is 1.36 bits per heavy atom. The Bertz CT molecular complexity index is 2090. The number of rotatable bonds is 15. The van der Waals surface area contributed by atoms with Crippen LogP contribution < -0.4 is 0 Å². The van der Waals surface area contributed by atoms with Crippen molar-refractivity contribution in [1.82, 2.24) is 0 Å². The normalized spacial score (nSPS) is 34.0. The molecule has 1 heterocycles. The standard InChI is InChI=1S/C18H30O2.C16H22O6.C16H26O3.C13H24O2.8CH4/c1-5-17(3,4)16(19)20-18(6-2)14-8-12-7-13(10-14)11-15(18)9-12;1-5-16(2,3)15(19)22-12-7-6-8-10(9(7)13(17)20-4)14(18)21-11(8)12;1-4-14(2,3)13(17)19-16-8-11-5-12(9-16)7-15(18,6-11)10-16;1-5-12(3,4)11(14)15-13(6-2)9-7-8-10-13;;;;;;;;/h12-15H,5-11H2,1-4H3;7-12H,5-6H2,1-4H3;11-12,18H,4-10H2,1-3H3;5-10H2,1-4H3;8*1H4. The van der Waals surface area contributed by atoms with Crippen molar-refractivity contribution in [3.8, 4) is 0 Å². The van der Waals surface area contributed by atoms with Crippen LogP contribution >= 0.6 is 0 Å². The maximum Gasteiger partial charge on any atom is 0.312 e. The van der Waals surface area contributed by atoms with E-state index in [0.29, 0.717) is 42.9 Å². The minimum Gasteiger partial charge on any atom is -0.469 e. The molecule has 11 aliphatic carbocycles. The number of fused-ring (bicyclic) bond motifs is 1. The molecule has 10 bridgehead atoms. The second kappa shape index (κ2) is 30.8. The van der Waals surface area contributed by atoms with Gasteiger partial charge in [0.1, 0.15) is 29.0 Å². The first-order chi connectivity index (χ1) is 35.4. The predicted molar refractivity (Wildman–Crippen MR) is 343 cm³/mol. The van der Waals surface area contributed by atoms with Crippen LogP contribution in [0.25, 0.3) is 0 Å². The summed E-state index contributed by atoms with van der Waals surface area (Å²) in [5.74, 6) is 1.89. The quantitative estimate of drug-likeness (QED) is 0.121. The van der Waals surface area contributed by atoms with E-state index in [1.807, 2.05) is 76.2 Å². The molecule has 1 aliphatic heterocycles. The van der Waals surface area contributed by atoms with Crippen LogP contribution in [-0.2, 0) is 57.2 Å². The van der Waals surface area contributed by atoms with Crippen LogP contribution in [-0.4, -0.2) is 82.6 Å². The first kappa shape index (κ1) is 82.8.